The molecular weight excluding hydrogens is 404 g/mol. The minimum Gasteiger partial charge on any atom is -0.322 e. The van der Waals surface area contributed by atoms with Crippen molar-refractivity contribution in [3.63, 3.8) is 0 Å². The number of amides is 1. The molecule has 0 unspecified atom stereocenters. The molecule has 2 aromatic carbocycles. The monoisotopic (exact) mass is 412 g/mol. The Morgan fingerprint density at radius 3 is 2.43 bits per heavy atom. The van der Waals surface area contributed by atoms with Gasteiger partial charge in [-0.05, 0) is 23.8 Å². The van der Waals surface area contributed by atoms with Crippen LogP contribution in [-0.4, -0.2) is 10.8 Å². The standard InChI is InChI=1S/C14H10Br2N2O3/c15-8-9-1-3-12(4-2-9)17-14(19)10-5-11(16)7-13(6-10)18(20)21/h1-7H,8H2,(H,17,19). The average Bonchev–Trinajstić information content (AvgIpc) is 2.47. The highest BCUT2D eigenvalue weighted by Gasteiger charge is 2.14. The summed E-state index contributed by atoms with van der Waals surface area (Å²) in [6.07, 6.45) is 0. The van der Waals surface area contributed by atoms with Crippen LogP contribution in [0.2, 0.25) is 0 Å². The van der Waals surface area contributed by atoms with Crippen LogP contribution in [0.5, 0.6) is 0 Å². The number of benzene rings is 2. The molecule has 0 radical (unpaired) electrons. The fourth-order valence-electron chi connectivity index (χ4n) is 1.69. The highest BCUT2D eigenvalue weighted by Crippen LogP contribution is 2.22. The maximum Gasteiger partial charge on any atom is 0.271 e. The first kappa shape index (κ1) is 15.7. The van der Waals surface area contributed by atoms with Crippen molar-refractivity contribution >= 4 is 49.1 Å². The zero-order chi connectivity index (χ0) is 15.4. The van der Waals surface area contributed by atoms with Crippen LogP contribution in [0.1, 0.15) is 15.9 Å². The zero-order valence-electron chi connectivity index (χ0n) is 10.7. The second-order valence-corrected chi connectivity index (χ2v) is 5.72. The number of nitrogens with one attached hydrogen (secondary N) is 1. The van der Waals surface area contributed by atoms with E-state index in [2.05, 4.69) is 37.2 Å². The Hall–Kier alpha value is -1.73. The van der Waals surface area contributed by atoms with Crippen molar-refractivity contribution in [2.75, 3.05) is 5.32 Å². The number of hydrogen-bond donors (Lipinski definition) is 1. The topological polar surface area (TPSA) is 72.2 Å². The van der Waals surface area contributed by atoms with Gasteiger partial charge in [-0.2, -0.15) is 0 Å². The molecule has 0 aromatic heterocycles. The van der Waals surface area contributed by atoms with Crippen molar-refractivity contribution in [3.05, 3.63) is 68.2 Å². The summed E-state index contributed by atoms with van der Waals surface area (Å²) in [6, 6.07) is 11.5. The van der Waals surface area contributed by atoms with Gasteiger partial charge in [0.25, 0.3) is 11.6 Å². The van der Waals surface area contributed by atoms with E-state index in [-0.39, 0.29) is 11.3 Å². The summed E-state index contributed by atoms with van der Waals surface area (Å²) < 4.78 is 0.483. The lowest BCUT2D eigenvalue weighted by atomic mass is 10.1. The fraction of sp³-hybridized carbons (Fsp3) is 0.0714. The smallest absolute Gasteiger partial charge is 0.271 e. The van der Waals surface area contributed by atoms with Gasteiger partial charge in [0.15, 0.2) is 0 Å². The van der Waals surface area contributed by atoms with Crippen LogP contribution in [0.25, 0.3) is 0 Å². The Balaban J connectivity index is 2.21. The van der Waals surface area contributed by atoms with Crippen LogP contribution in [0.3, 0.4) is 0 Å². The van der Waals surface area contributed by atoms with Gasteiger partial charge in [0.1, 0.15) is 0 Å². The number of carbonyl (C=O) groups excluding carboxylic acids is 1. The normalized spacial score (nSPS) is 10.2. The van der Waals surface area contributed by atoms with E-state index in [9.17, 15) is 14.9 Å². The summed E-state index contributed by atoms with van der Waals surface area (Å²) in [4.78, 5) is 22.4. The van der Waals surface area contributed by atoms with Gasteiger partial charge in [-0.3, -0.25) is 14.9 Å². The van der Waals surface area contributed by atoms with Gasteiger partial charge < -0.3 is 5.32 Å². The van der Waals surface area contributed by atoms with Crippen molar-refractivity contribution < 1.29 is 9.72 Å². The number of nitro benzene ring substituents is 1. The summed E-state index contributed by atoms with van der Waals surface area (Å²) in [5.74, 6) is -0.397. The molecule has 0 bridgehead atoms. The van der Waals surface area contributed by atoms with Crippen molar-refractivity contribution in [1.82, 2.24) is 0 Å². The summed E-state index contributed by atoms with van der Waals surface area (Å²) in [6.45, 7) is 0. The van der Waals surface area contributed by atoms with Crippen LogP contribution >= 0.6 is 31.9 Å². The molecule has 0 heterocycles. The Morgan fingerprint density at radius 1 is 1.19 bits per heavy atom. The number of nitrogens with zero attached hydrogens (tertiary/aromatic N) is 1. The quantitative estimate of drug-likeness (QED) is 0.455. The molecule has 0 aliphatic rings. The molecule has 1 N–H and O–H groups in total. The van der Waals surface area contributed by atoms with E-state index in [0.29, 0.717) is 10.2 Å². The molecule has 5 nitrogen and oxygen atoms in total. The Bertz CT molecular complexity index is 687. The third-order valence-corrected chi connectivity index (χ3v) is 3.83. The largest absolute Gasteiger partial charge is 0.322 e. The van der Waals surface area contributed by atoms with E-state index >= 15 is 0 Å². The van der Waals surface area contributed by atoms with Crippen molar-refractivity contribution in [3.8, 4) is 0 Å². The molecule has 0 aliphatic heterocycles. The lowest BCUT2D eigenvalue weighted by Crippen LogP contribution is -2.12. The first-order chi connectivity index (χ1) is 9.99. The molecular formula is C14H10Br2N2O3. The number of rotatable bonds is 4. The molecule has 7 heteroatoms. The predicted molar refractivity (Wildman–Crippen MR) is 87.8 cm³/mol. The van der Waals surface area contributed by atoms with E-state index in [1.165, 1.54) is 18.2 Å². The molecule has 0 aliphatic carbocycles. The van der Waals surface area contributed by atoms with E-state index in [4.69, 9.17) is 0 Å². The van der Waals surface area contributed by atoms with Crippen LogP contribution in [0.15, 0.2) is 46.9 Å². The Labute approximate surface area is 137 Å². The number of halogens is 2. The molecule has 2 rings (SSSR count). The highest BCUT2D eigenvalue weighted by molar-refractivity contribution is 9.10. The molecule has 108 valence electrons. The number of hydrogen-bond acceptors (Lipinski definition) is 3. The molecule has 21 heavy (non-hydrogen) atoms. The molecule has 0 atom stereocenters. The highest BCUT2D eigenvalue weighted by atomic mass is 79.9. The fourth-order valence-corrected chi connectivity index (χ4v) is 2.55. The van der Waals surface area contributed by atoms with Gasteiger partial charge in [0.05, 0.1) is 4.92 Å². The SMILES string of the molecule is O=C(Nc1ccc(CBr)cc1)c1cc(Br)cc([N+](=O)[O-])c1. The molecule has 0 saturated carbocycles. The lowest BCUT2D eigenvalue weighted by Gasteiger charge is -2.06. The van der Waals surface area contributed by atoms with E-state index < -0.39 is 10.8 Å². The van der Waals surface area contributed by atoms with E-state index in [1.54, 1.807) is 12.1 Å². The van der Waals surface area contributed by atoms with Gasteiger partial charge in [0.2, 0.25) is 0 Å². The second-order valence-electron chi connectivity index (χ2n) is 4.24. The number of alkyl halides is 1. The average molecular weight is 414 g/mol. The van der Waals surface area contributed by atoms with Crippen LogP contribution in [0, 0.1) is 10.1 Å². The number of nitro groups is 1. The van der Waals surface area contributed by atoms with Gasteiger partial charge in [-0.15, -0.1) is 0 Å². The maximum absolute atomic E-state index is 12.1. The van der Waals surface area contributed by atoms with Gasteiger partial charge in [0, 0.05) is 33.2 Å². The van der Waals surface area contributed by atoms with E-state index in [1.807, 2.05) is 12.1 Å². The number of carbonyl (C=O) groups is 1. The summed E-state index contributed by atoms with van der Waals surface area (Å²) in [5, 5.41) is 14.2. The van der Waals surface area contributed by atoms with Crippen molar-refractivity contribution in [1.29, 1.82) is 0 Å². The van der Waals surface area contributed by atoms with Gasteiger partial charge >= 0.3 is 0 Å². The summed E-state index contributed by atoms with van der Waals surface area (Å²) >= 11 is 6.51. The summed E-state index contributed by atoms with van der Waals surface area (Å²) in [7, 11) is 0. The minimum absolute atomic E-state index is 0.135. The van der Waals surface area contributed by atoms with Crippen LogP contribution in [-0.2, 0) is 5.33 Å². The molecule has 0 spiro atoms. The lowest BCUT2D eigenvalue weighted by molar-refractivity contribution is -0.384. The molecule has 2 aromatic rings. The summed E-state index contributed by atoms with van der Waals surface area (Å²) in [5.41, 5.74) is 1.81. The van der Waals surface area contributed by atoms with Crippen molar-refractivity contribution in [2.45, 2.75) is 5.33 Å². The minimum atomic E-state index is -0.535. The molecule has 1 amide bonds. The Kier molecular flexibility index (Phi) is 5.08. The van der Waals surface area contributed by atoms with Crippen LogP contribution < -0.4 is 5.32 Å². The molecule has 0 saturated heterocycles. The number of anilines is 1. The number of non-ortho nitro benzene ring substituents is 1. The van der Waals surface area contributed by atoms with E-state index in [0.717, 1.165) is 10.9 Å². The van der Waals surface area contributed by atoms with Crippen molar-refractivity contribution in [2.24, 2.45) is 0 Å². The second kappa shape index (κ2) is 6.82. The first-order valence-electron chi connectivity index (χ1n) is 5.91. The van der Waals surface area contributed by atoms with Gasteiger partial charge in [-0.25, -0.2) is 0 Å². The van der Waals surface area contributed by atoms with Gasteiger partial charge in [-0.1, -0.05) is 44.0 Å². The third kappa shape index (κ3) is 4.12. The van der Waals surface area contributed by atoms with Crippen LogP contribution in [0.4, 0.5) is 11.4 Å². The molecule has 0 fully saturated rings. The maximum atomic E-state index is 12.1. The zero-order valence-corrected chi connectivity index (χ0v) is 13.8. The Morgan fingerprint density at radius 2 is 1.86 bits per heavy atom. The predicted octanol–water partition coefficient (Wildman–Crippen LogP) is 4.50. The first-order valence-corrected chi connectivity index (χ1v) is 7.82. The third-order valence-electron chi connectivity index (χ3n) is 2.72.